The fourth-order valence-corrected chi connectivity index (χ4v) is 6.78. The van der Waals surface area contributed by atoms with Gasteiger partial charge in [-0.3, -0.25) is 23.4 Å². The highest BCUT2D eigenvalue weighted by molar-refractivity contribution is 7.51. The summed E-state index contributed by atoms with van der Waals surface area (Å²) in [6, 6.07) is 16.5. The summed E-state index contributed by atoms with van der Waals surface area (Å²) < 4.78 is 19.7. The predicted molar refractivity (Wildman–Crippen MR) is 162 cm³/mol. The third kappa shape index (κ3) is 5.68. The summed E-state index contributed by atoms with van der Waals surface area (Å²) in [4.78, 5) is 36.9. The SMILES string of the molecule is Cc1nn(COP(C)(=O)O)c(C)c1-c1ccc(NC(=O)[C@@H](NC(=O)c2ccnn2C)C2c3ccccc3CC23CC3)cc1. The molecular formula is C31H35N6O5P. The fourth-order valence-electron chi connectivity index (χ4n) is 6.45. The lowest BCUT2D eigenvalue weighted by atomic mass is 9.82. The summed E-state index contributed by atoms with van der Waals surface area (Å²) in [5.41, 5.74) is 6.60. The van der Waals surface area contributed by atoms with Crippen LogP contribution in [0, 0.1) is 19.3 Å². The molecule has 1 fully saturated rings. The van der Waals surface area contributed by atoms with Crippen molar-refractivity contribution in [1.29, 1.82) is 0 Å². The second-order valence-corrected chi connectivity index (χ2v) is 13.5. The van der Waals surface area contributed by atoms with Gasteiger partial charge in [0.15, 0.2) is 0 Å². The van der Waals surface area contributed by atoms with Gasteiger partial charge in [0.05, 0.1) is 5.69 Å². The van der Waals surface area contributed by atoms with Crippen LogP contribution in [-0.4, -0.2) is 49.0 Å². The number of carbonyl (C=O) groups excluding carboxylic acids is 2. The Morgan fingerprint density at radius 2 is 1.86 bits per heavy atom. The zero-order valence-electron chi connectivity index (χ0n) is 24.6. The lowest BCUT2D eigenvalue weighted by molar-refractivity contribution is -0.118. The normalized spacial score (nSPS) is 18.6. The zero-order chi connectivity index (χ0) is 30.5. The number of hydrogen-bond acceptors (Lipinski definition) is 6. The van der Waals surface area contributed by atoms with Gasteiger partial charge in [0.2, 0.25) is 5.91 Å². The van der Waals surface area contributed by atoms with Gasteiger partial charge in [-0.1, -0.05) is 36.4 Å². The minimum absolute atomic E-state index is 0.0320. The molecule has 3 N–H and O–H groups in total. The first-order valence-electron chi connectivity index (χ1n) is 14.2. The first kappa shape index (κ1) is 29.0. The minimum atomic E-state index is -3.65. The standard InChI is InChI=1S/C31H35N6O5P/c1-19-26(20(2)37(35-19)18-42-43(4,40)41)21-9-11-23(12-10-21)33-30(39)28(34-29(38)25-13-16-32-36(25)3)27-24-8-6-5-7-22(24)17-31(27)14-15-31/h5-13,16,27-28H,14-15,17-18H2,1-4H3,(H,33,39)(H,34,38)(H,40,41)/t27?,28-/m0/s1. The van der Waals surface area contributed by atoms with Crippen LogP contribution >= 0.6 is 7.60 Å². The number of nitrogens with one attached hydrogen (secondary N) is 2. The molecule has 3 atom stereocenters. The summed E-state index contributed by atoms with van der Waals surface area (Å²) in [6.07, 6.45) is 4.49. The Labute approximate surface area is 249 Å². The number of benzene rings is 2. The molecule has 2 aliphatic rings. The van der Waals surface area contributed by atoms with Gasteiger partial charge in [-0.15, -0.1) is 0 Å². The molecule has 0 bridgehead atoms. The maximum Gasteiger partial charge on any atom is 0.326 e. The van der Waals surface area contributed by atoms with E-state index in [1.807, 2.05) is 50.2 Å². The van der Waals surface area contributed by atoms with Gasteiger partial charge in [0.1, 0.15) is 18.5 Å². The number of amides is 2. The molecule has 2 aromatic heterocycles. The highest BCUT2D eigenvalue weighted by Gasteiger charge is 2.58. The van der Waals surface area contributed by atoms with Gasteiger partial charge in [0.25, 0.3) is 5.91 Å². The van der Waals surface area contributed by atoms with Crippen LogP contribution in [0.25, 0.3) is 11.1 Å². The first-order valence-corrected chi connectivity index (χ1v) is 16.2. The quantitative estimate of drug-likeness (QED) is 0.239. The largest absolute Gasteiger partial charge is 0.338 e. The molecule has 43 heavy (non-hydrogen) atoms. The summed E-state index contributed by atoms with van der Waals surface area (Å²) in [5, 5.41) is 14.7. The van der Waals surface area contributed by atoms with Crippen molar-refractivity contribution < 1.29 is 23.6 Å². The van der Waals surface area contributed by atoms with E-state index in [0.717, 1.165) is 54.0 Å². The van der Waals surface area contributed by atoms with Crippen molar-refractivity contribution in [1.82, 2.24) is 24.9 Å². The van der Waals surface area contributed by atoms with Crippen LogP contribution in [0.1, 0.15) is 51.8 Å². The van der Waals surface area contributed by atoms with E-state index in [-0.39, 0.29) is 29.9 Å². The summed E-state index contributed by atoms with van der Waals surface area (Å²) in [5.74, 6) is -0.763. The highest BCUT2D eigenvalue weighted by Crippen LogP contribution is 2.64. The van der Waals surface area contributed by atoms with Crippen LogP contribution < -0.4 is 10.6 Å². The van der Waals surface area contributed by atoms with Crippen LogP contribution in [0.4, 0.5) is 5.69 Å². The van der Waals surface area contributed by atoms with Gasteiger partial charge < -0.3 is 15.5 Å². The van der Waals surface area contributed by atoms with Crippen LogP contribution in [-0.2, 0) is 34.1 Å². The molecular weight excluding hydrogens is 567 g/mol. The Hall–Kier alpha value is -4.05. The van der Waals surface area contributed by atoms with E-state index < -0.39 is 13.6 Å². The van der Waals surface area contributed by atoms with Crippen LogP contribution in [0.5, 0.6) is 0 Å². The third-order valence-corrected chi connectivity index (χ3v) is 9.28. The number of hydrogen-bond donors (Lipinski definition) is 3. The Morgan fingerprint density at radius 3 is 2.51 bits per heavy atom. The molecule has 11 nitrogen and oxygen atoms in total. The van der Waals surface area contributed by atoms with Crippen LogP contribution in [0.3, 0.4) is 0 Å². The van der Waals surface area contributed by atoms with Crippen LogP contribution in [0.2, 0.25) is 0 Å². The Balaban J connectivity index is 1.26. The Morgan fingerprint density at radius 1 is 1.14 bits per heavy atom. The molecule has 2 unspecified atom stereocenters. The molecule has 0 radical (unpaired) electrons. The molecule has 4 aromatic rings. The summed E-state index contributed by atoms with van der Waals surface area (Å²) in [6.45, 7) is 4.73. The smallest absolute Gasteiger partial charge is 0.326 e. The number of rotatable bonds is 9. The van der Waals surface area contributed by atoms with E-state index in [9.17, 15) is 19.0 Å². The minimum Gasteiger partial charge on any atom is -0.338 e. The Bertz CT molecular complexity index is 1750. The van der Waals surface area contributed by atoms with E-state index in [2.05, 4.69) is 33.0 Å². The maximum absolute atomic E-state index is 14.0. The average Bonchev–Trinajstić information content (AvgIpc) is 3.32. The summed E-state index contributed by atoms with van der Waals surface area (Å²) >= 11 is 0. The number of aryl methyl sites for hydroxylation is 2. The molecule has 1 saturated carbocycles. The van der Waals surface area contributed by atoms with Crippen molar-refractivity contribution in [2.24, 2.45) is 12.5 Å². The molecule has 0 aliphatic heterocycles. The number of nitrogens with zero attached hydrogens (tertiary/aromatic N) is 4. The predicted octanol–water partition coefficient (Wildman–Crippen LogP) is 4.55. The van der Waals surface area contributed by atoms with Gasteiger partial charge in [-0.05, 0) is 73.4 Å². The van der Waals surface area contributed by atoms with Crippen molar-refractivity contribution in [2.45, 2.75) is 51.8 Å². The van der Waals surface area contributed by atoms with E-state index in [1.54, 1.807) is 24.0 Å². The average molecular weight is 603 g/mol. The highest BCUT2D eigenvalue weighted by atomic mass is 31.2. The molecule has 2 aliphatic carbocycles. The number of aromatic nitrogens is 4. The second kappa shape index (κ2) is 10.9. The molecule has 6 rings (SSSR count). The lowest BCUT2D eigenvalue weighted by Crippen LogP contribution is -2.49. The van der Waals surface area contributed by atoms with E-state index >= 15 is 0 Å². The molecule has 12 heteroatoms. The van der Waals surface area contributed by atoms with Crippen molar-refractivity contribution in [3.8, 4) is 11.1 Å². The van der Waals surface area contributed by atoms with Crippen LogP contribution in [0.15, 0.2) is 60.8 Å². The van der Waals surface area contributed by atoms with Gasteiger partial charge in [-0.2, -0.15) is 10.2 Å². The molecule has 2 amide bonds. The lowest BCUT2D eigenvalue weighted by Gasteiger charge is -2.29. The van der Waals surface area contributed by atoms with Crippen molar-refractivity contribution in [2.75, 3.05) is 12.0 Å². The van der Waals surface area contributed by atoms with E-state index in [4.69, 9.17) is 4.52 Å². The zero-order valence-corrected chi connectivity index (χ0v) is 25.5. The molecule has 2 heterocycles. The first-order chi connectivity index (χ1) is 20.5. The molecule has 0 saturated heterocycles. The molecule has 1 spiro atoms. The van der Waals surface area contributed by atoms with Gasteiger partial charge >= 0.3 is 7.60 Å². The second-order valence-electron chi connectivity index (χ2n) is 11.7. The monoisotopic (exact) mass is 602 g/mol. The van der Waals surface area contributed by atoms with E-state index in [1.165, 1.54) is 10.2 Å². The maximum atomic E-state index is 14.0. The van der Waals surface area contributed by atoms with Crippen molar-refractivity contribution in [3.05, 3.63) is 89.0 Å². The fraction of sp³-hybridized carbons (Fsp3) is 0.355. The number of anilines is 1. The third-order valence-electron chi connectivity index (χ3n) is 8.68. The van der Waals surface area contributed by atoms with Crippen molar-refractivity contribution >= 4 is 25.1 Å². The topological polar surface area (TPSA) is 140 Å². The van der Waals surface area contributed by atoms with E-state index in [0.29, 0.717) is 11.4 Å². The molecule has 224 valence electrons. The summed E-state index contributed by atoms with van der Waals surface area (Å²) in [7, 11) is -1.94. The van der Waals surface area contributed by atoms with Gasteiger partial charge in [-0.25, -0.2) is 4.68 Å². The number of fused-ring (bicyclic) bond motifs is 1. The Kier molecular flexibility index (Phi) is 7.36. The number of carbonyl (C=O) groups is 2. The molecule has 2 aromatic carbocycles. The van der Waals surface area contributed by atoms with Crippen molar-refractivity contribution in [3.63, 3.8) is 0 Å². The van der Waals surface area contributed by atoms with Gasteiger partial charge in [0, 0.05) is 42.8 Å².